The first-order chi connectivity index (χ1) is 16.4. The van der Waals surface area contributed by atoms with Gasteiger partial charge in [-0.25, -0.2) is 0 Å². The van der Waals surface area contributed by atoms with E-state index < -0.39 is 17.8 Å². The van der Waals surface area contributed by atoms with E-state index in [9.17, 15) is 19.5 Å². The topological polar surface area (TPSA) is 114 Å². The summed E-state index contributed by atoms with van der Waals surface area (Å²) >= 11 is 0. The third kappa shape index (κ3) is 6.54. The highest BCUT2D eigenvalue weighted by atomic mass is 16.6. The van der Waals surface area contributed by atoms with Gasteiger partial charge >= 0.3 is 5.97 Å². The zero-order chi connectivity index (χ0) is 24.5. The number of ether oxygens (including phenoxy) is 2. The number of aliphatic hydroxyl groups excluding tert-OH is 1. The van der Waals surface area contributed by atoms with Crippen LogP contribution >= 0.6 is 0 Å². The first-order valence-corrected chi connectivity index (χ1v) is 10.4. The number of hydrogen-bond donors (Lipinski definition) is 3. The molecule has 8 heteroatoms. The van der Waals surface area contributed by atoms with Crippen LogP contribution in [0.5, 0.6) is 11.5 Å². The van der Waals surface area contributed by atoms with E-state index in [1.807, 2.05) is 0 Å². The third-order valence-corrected chi connectivity index (χ3v) is 4.65. The number of nitrogens with one attached hydrogen (secondary N) is 2. The van der Waals surface area contributed by atoms with Crippen LogP contribution in [0, 0.1) is 0 Å². The quantitative estimate of drug-likeness (QED) is 0.269. The lowest BCUT2D eigenvalue weighted by Crippen LogP contribution is -2.30. The normalized spacial score (nSPS) is 10.9. The summed E-state index contributed by atoms with van der Waals surface area (Å²) in [7, 11) is 1.43. The summed E-state index contributed by atoms with van der Waals surface area (Å²) in [5, 5.41) is 14.7. The molecule has 0 fully saturated rings. The Morgan fingerprint density at radius 1 is 0.941 bits per heavy atom. The van der Waals surface area contributed by atoms with Gasteiger partial charge in [-0.3, -0.25) is 14.4 Å². The highest BCUT2D eigenvalue weighted by Gasteiger charge is 2.16. The number of rotatable bonds is 8. The maximum Gasteiger partial charge on any atom is 0.308 e. The molecule has 8 nitrogen and oxygen atoms in total. The van der Waals surface area contributed by atoms with Crippen molar-refractivity contribution in [2.24, 2.45) is 0 Å². The van der Waals surface area contributed by atoms with Gasteiger partial charge in [0.15, 0.2) is 11.5 Å². The maximum atomic E-state index is 13.1. The number of esters is 1. The molecule has 34 heavy (non-hydrogen) atoms. The summed E-state index contributed by atoms with van der Waals surface area (Å²) in [5.41, 5.74) is 1.97. The lowest BCUT2D eigenvalue weighted by atomic mass is 10.1. The summed E-state index contributed by atoms with van der Waals surface area (Å²) in [6.45, 7) is 1.10. The van der Waals surface area contributed by atoms with E-state index in [0.29, 0.717) is 22.4 Å². The van der Waals surface area contributed by atoms with Gasteiger partial charge in [0.05, 0.1) is 13.7 Å². The summed E-state index contributed by atoms with van der Waals surface area (Å²) in [6, 6.07) is 19.9. The Labute approximate surface area is 196 Å². The van der Waals surface area contributed by atoms with Crippen LogP contribution in [0.15, 0.2) is 78.5 Å². The average Bonchev–Trinajstić information content (AvgIpc) is 2.84. The van der Waals surface area contributed by atoms with Crippen LogP contribution in [0.1, 0.15) is 28.4 Å². The lowest BCUT2D eigenvalue weighted by molar-refractivity contribution is -0.132. The molecule has 174 valence electrons. The van der Waals surface area contributed by atoms with Crippen molar-refractivity contribution < 1.29 is 29.0 Å². The van der Waals surface area contributed by atoms with E-state index in [-0.39, 0.29) is 23.8 Å². The number of carbonyl (C=O) groups is 3. The summed E-state index contributed by atoms with van der Waals surface area (Å²) in [5.74, 6) is -1.01. The number of aliphatic hydroxyl groups is 1. The minimum Gasteiger partial charge on any atom is -0.493 e. The minimum absolute atomic E-state index is 0.0226. The van der Waals surface area contributed by atoms with Crippen LogP contribution in [0.3, 0.4) is 0 Å². The van der Waals surface area contributed by atoms with Gasteiger partial charge in [-0.05, 0) is 53.6 Å². The van der Waals surface area contributed by atoms with Gasteiger partial charge in [0.1, 0.15) is 5.70 Å². The highest BCUT2D eigenvalue weighted by Crippen LogP contribution is 2.29. The second kappa shape index (κ2) is 11.4. The molecular weight excluding hydrogens is 436 g/mol. The van der Waals surface area contributed by atoms with Crippen LogP contribution in [0.25, 0.3) is 6.08 Å². The maximum absolute atomic E-state index is 13.1. The van der Waals surface area contributed by atoms with Crippen molar-refractivity contribution in [2.75, 3.05) is 12.4 Å². The smallest absolute Gasteiger partial charge is 0.308 e. The monoisotopic (exact) mass is 460 g/mol. The number of amides is 2. The van der Waals surface area contributed by atoms with Crippen molar-refractivity contribution in [1.82, 2.24) is 5.32 Å². The van der Waals surface area contributed by atoms with Crippen LogP contribution < -0.4 is 20.1 Å². The Morgan fingerprint density at radius 2 is 1.71 bits per heavy atom. The molecular formula is C26H24N2O6. The number of benzene rings is 3. The molecule has 0 aliphatic carbocycles. The molecule has 0 heterocycles. The molecule has 0 aliphatic rings. The molecule has 0 aromatic heterocycles. The van der Waals surface area contributed by atoms with E-state index in [1.165, 1.54) is 26.2 Å². The van der Waals surface area contributed by atoms with Crippen LogP contribution in [-0.2, 0) is 16.2 Å². The molecule has 0 atom stereocenters. The molecule has 0 unspecified atom stereocenters. The van der Waals surface area contributed by atoms with Gasteiger partial charge in [-0.15, -0.1) is 0 Å². The van der Waals surface area contributed by atoms with Gasteiger partial charge in [-0.2, -0.15) is 0 Å². The summed E-state index contributed by atoms with van der Waals surface area (Å²) in [6.07, 6.45) is 1.48. The third-order valence-electron chi connectivity index (χ3n) is 4.65. The highest BCUT2D eigenvalue weighted by molar-refractivity contribution is 6.10. The molecule has 2 amide bonds. The van der Waals surface area contributed by atoms with Crippen molar-refractivity contribution in [2.45, 2.75) is 13.5 Å². The molecule has 3 aromatic carbocycles. The van der Waals surface area contributed by atoms with Crippen LogP contribution in [-0.4, -0.2) is 30.0 Å². The standard InChI is InChI=1S/C26H24N2O6/c1-17(30)34-23-12-11-18(15-24(23)33-2)14-22(28-25(31)20-8-4-3-5-9-20)26(32)27-21-10-6-7-19(13-21)16-29/h3-15,29H,16H2,1-2H3,(H,27,32)(H,28,31). The number of hydrogen-bond acceptors (Lipinski definition) is 6. The van der Waals surface area contributed by atoms with Gasteiger partial charge in [0, 0.05) is 18.2 Å². The fraction of sp³-hybridized carbons (Fsp3) is 0.115. The van der Waals surface area contributed by atoms with E-state index in [2.05, 4.69) is 10.6 Å². The predicted octanol–water partition coefficient (Wildman–Crippen LogP) is 3.52. The average molecular weight is 460 g/mol. The van der Waals surface area contributed by atoms with Crippen LogP contribution in [0.4, 0.5) is 5.69 Å². The first-order valence-electron chi connectivity index (χ1n) is 10.4. The summed E-state index contributed by atoms with van der Waals surface area (Å²) < 4.78 is 10.4. The second-order valence-corrected chi connectivity index (χ2v) is 7.19. The Balaban J connectivity index is 1.94. The zero-order valence-corrected chi connectivity index (χ0v) is 18.7. The SMILES string of the molecule is COc1cc(C=C(NC(=O)c2ccccc2)C(=O)Nc2cccc(CO)c2)ccc1OC(C)=O. The number of carbonyl (C=O) groups excluding carboxylic acids is 3. The molecule has 0 bridgehead atoms. The van der Waals surface area contributed by atoms with E-state index in [4.69, 9.17) is 9.47 Å². The number of methoxy groups -OCH3 is 1. The van der Waals surface area contributed by atoms with Gasteiger partial charge in [0.25, 0.3) is 11.8 Å². The minimum atomic E-state index is -0.567. The Bertz CT molecular complexity index is 1220. The van der Waals surface area contributed by atoms with Gasteiger partial charge < -0.3 is 25.2 Å². The largest absolute Gasteiger partial charge is 0.493 e. The Morgan fingerprint density at radius 3 is 2.38 bits per heavy atom. The van der Waals surface area contributed by atoms with E-state index in [0.717, 1.165) is 0 Å². The fourth-order valence-corrected chi connectivity index (χ4v) is 3.07. The fourth-order valence-electron chi connectivity index (χ4n) is 3.07. The van der Waals surface area contributed by atoms with E-state index >= 15 is 0 Å². The van der Waals surface area contributed by atoms with Crippen LogP contribution in [0.2, 0.25) is 0 Å². The van der Waals surface area contributed by atoms with Gasteiger partial charge in [-0.1, -0.05) is 36.4 Å². The van der Waals surface area contributed by atoms with Crippen molar-refractivity contribution in [3.05, 3.63) is 95.2 Å². The molecule has 3 N–H and O–H groups in total. The molecule has 0 spiro atoms. The second-order valence-electron chi connectivity index (χ2n) is 7.19. The summed E-state index contributed by atoms with van der Waals surface area (Å²) in [4.78, 5) is 37.1. The predicted molar refractivity (Wildman–Crippen MR) is 127 cm³/mol. The number of anilines is 1. The Kier molecular flexibility index (Phi) is 8.15. The van der Waals surface area contributed by atoms with E-state index in [1.54, 1.807) is 66.7 Å². The van der Waals surface area contributed by atoms with Crippen molar-refractivity contribution >= 4 is 29.5 Å². The van der Waals surface area contributed by atoms with Crippen molar-refractivity contribution in [1.29, 1.82) is 0 Å². The zero-order valence-electron chi connectivity index (χ0n) is 18.7. The lowest BCUT2D eigenvalue weighted by Gasteiger charge is -2.13. The molecule has 3 rings (SSSR count). The molecule has 3 aromatic rings. The molecule has 0 saturated carbocycles. The Hall–Kier alpha value is -4.43. The van der Waals surface area contributed by atoms with Crippen molar-refractivity contribution in [3.8, 4) is 11.5 Å². The first kappa shape index (κ1) is 24.2. The molecule has 0 aliphatic heterocycles. The van der Waals surface area contributed by atoms with Crippen molar-refractivity contribution in [3.63, 3.8) is 0 Å². The molecule has 0 saturated heterocycles. The van der Waals surface area contributed by atoms with Gasteiger partial charge in [0.2, 0.25) is 0 Å². The molecule has 0 radical (unpaired) electrons.